The van der Waals surface area contributed by atoms with E-state index in [1.54, 1.807) is 23.5 Å². The molecule has 20 heavy (non-hydrogen) atoms. The molecule has 0 saturated carbocycles. The van der Waals surface area contributed by atoms with Gasteiger partial charge in [0, 0.05) is 6.42 Å². The van der Waals surface area contributed by atoms with Crippen molar-refractivity contribution in [2.75, 3.05) is 25.6 Å². The summed E-state index contributed by atoms with van der Waals surface area (Å²) in [5.74, 6) is 2.77. The fraction of sp³-hybridized carbons (Fsp3) is 0.800. The van der Waals surface area contributed by atoms with E-state index in [1.807, 2.05) is 0 Å². The maximum atomic E-state index is 12.7. The Morgan fingerprint density at radius 1 is 1.20 bits per heavy atom. The summed E-state index contributed by atoms with van der Waals surface area (Å²) in [4.78, 5) is 15.0. The SMILES string of the molecule is CCSC1(SCC)C(=O)OC2=C(CCCC2)C1N(C)C. The van der Waals surface area contributed by atoms with Crippen LogP contribution in [0.25, 0.3) is 0 Å². The van der Waals surface area contributed by atoms with Gasteiger partial charge in [0.25, 0.3) is 0 Å². The molecule has 0 N–H and O–H groups in total. The summed E-state index contributed by atoms with van der Waals surface area (Å²) in [6.07, 6.45) is 4.35. The third-order valence-corrected chi connectivity index (χ3v) is 6.80. The Labute approximate surface area is 130 Å². The molecule has 0 amide bonds. The number of esters is 1. The number of hydrogen-bond acceptors (Lipinski definition) is 5. The first kappa shape index (κ1) is 16.2. The van der Waals surface area contributed by atoms with E-state index in [2.05, 4.69) is 32.8 Å². The zero-order valence-electron chi connectivity index (χ0n) is 12.9. The molecule has 1 heterocycles. The number of carbonyl (C=O) groups excluding carboxylic acids is 1. The number of allylic oxidation sites excluding steroid dienone is 1. The molecule has 2 rings (SSSR count). The van der Waals surface area contributed by atoms with E-state index in [9.17, 15) is 4.79 Å². The van der Waals surface area contributed by atoms with Crippen LogP contribution in [0.1, 0.15) is 39.5 Å². The van der Waals surface area contributed by atoms with Crippen LogP contribution in [0.2, 0.25) is 0 Å². The highest BCUT2D eigenvalue weighted by atomic mass is 32.2. The molecule has 2 aliphatic rings. The van der Waals surface area contributed by atoms with Crippen molar-refractivity contribution in [3.05, 3.63) is 11.3 Å². The van der Waals surface area contributed by atoms with Crippen LogP contribution in [0.3, 0.4) is 0 Å². The summed E-state index contributed by atoms with van der Waals surface area (Å²) in [5, 5.41) is 0. The molecule has 114 valence electrons. The smallest absolute Gasteiger partial charge is 0.339 e. The quantitative estimate of drug-likeness (QED) is 0.572. The van der Waals surface area contributed by atoms with Gasteiger partial charge < -0.3 is 9.64 Å². The Morgan fingerprint density at radius 3 is 2.35 bits per heavy atom. The Morgan fingerprint density at radius 2 is 1.80 bits per heavy atom. The van der Waals surface area contributed by atoms with Crippen LogP contribution in [0, 0.1) is 0 Å². The molecule has 3 nitrogen and oxygen atoms in total. The second kappa shape index (κ2) is 6.75. The molecular formula is C15H25NO2S2. The molecule has 0 saturated heterocycles. The number of carbonyl (C=O) groups is 1. The van der Waals surface area contributed by atoms with Gasteiger partial charge in [-0.05, 0) is 50.4 Å². The van der Waals surface area contributed by atoms with Crippen molar-refractivity contribution in [2.24, 2.45) is 0 Å². The lowest BCUT2D eigenvalue weighted by Crippen LogP contribution is -2.56. The highest BCUT2D eigenvalue weighted by molar-refractivity contribution is 8.19. The van der Waals surface area contributed by atoms with Crippen LogP contribution in [0.4, 0.5) is 0 Å². The molecule has 0 aromatic heterocycles. The van der Waals surface area contributed by atoms with Crippen LogP contribution in [-0.2, 0) is 9.53 Å². The maximum Gasteiger partial charge on any atom is 0.339 e. The van der Waals surface area contributed by atoms with Gasteiger partial charge >= 0.3 is 5.97 Å². The van der Waals surface area contributed by atoms with E-state index in [4.69, 9.17) is 4.74 Å². The highest BCUT2D eigenvalue weighted by Crippen LogP contribution is 2.51. The van der Waals surface area contributed by atoms with E-state index >= 15 is 0 Å². The Kier molecular flexibility index (Phi) is 5.49. The van der Waals surface area contributed by atoms with E-state index in [0.717, 1.165) is 36.5 Å². The first-order chi connectivity index (χ1) is 9.56. The first-order valence-corrected chi connectivity index (χ1v) is 9.42. The summed E-state index contributed by atoms with van der Waals surface area (Å²) < 4.78 is 5.27. The summed E-state index contributed by atoms with van der Waals surface area (Å²) in [6, 6.07) is 0.161. The van der Waals surface area contributed by atoms with Gasteiger partial charge in [0.1, 0.15) is 5.76 Å². The average Bonchev–Trinajstić information content (AvgIpc) is 2.40. The van der Waals surface area contributed by atoms with Gasteiger partial charge in [0.05, 0.1) is 6.04 Å². The van der Waals surface area contributed by atoms with Crippen molar-refractivity contribution in [1.29, 1.82) is 0 Å². The van der Waals surface area contributed by atoms with Gasteiger partial charge in [-0.2, -0.15) is 0 Å². The summed E-state index contributed by atoms with van der Waals surface area (Å²) in [7, 11) is 4.17. The number of thioether (sulfide) groups is 2. The lowest BCUT2D eigenvalue weighted by molar-refractivity contribution is -0.143. The Balaban J connectivity index is 2.48. The zero-order valence-corrected chi connectivity index (χ0v) is 14.5. The molecule has 1 aliphatic carbocycles. The summed E-state index contributed by atoms with van der Waals surface area (Å²) in [5.41, 5.74) is 1.36. The molecule has 0 fully saturated rings. The minimum atomic E-state index is -0.497. The minimum Gasteiger partial charge on any atom is -0.429 e. The van der Waals surface area contributed by atoms with Gasteiger partial charge in [-0.15, -0.1) is 23.5 Å². The fourth-order valence-corrected chi connectivity index (χ4v) is 6.47. The normalized spacial score (nSPS) is 25.6. The fourth-order valence-electron chi connectivity index (χ4n) is 3.23. The molecule has 1 aliphatic heterocycles. The van der Waals surface area contributed by atoms with Gasteiger partial charge in [0.15, 0.2) is 4.08 Å². The van der Waals surface area contributed by atoms with Crippen LogP contribution in [0.15, 0.2) is 11.3 Å². The Hall–Kier alpha value is -0.130. The predicted molar refractivity (Wildman–Crippen MR) is 88.1 cm³/mol. The molecule has 0 bridgehead atoms. The van der Waals surface area contributed by atoms with Crippen LogP contribution < -0.4 is 0 Å². The standard InChI is InChI=1S/C15H25NO2S2/c1-5-19-15(20-6-2)13(16(3)4)11-9-7-8-10-12(11)18-14(15)17/h13H,5-10H2,1-4H3. The monoisotopic (exact) mass is 315 g/mol. The maximum absolute atomic E-state index is 12.7. The Bertz CT molecular complexity index is 401. The van der Waals surface area contributed by atoms with E-state index in [-0.39, 0.29) is 12.0 Å². The van der Waals surface area contributed by atoms with Crippen LogP contribution >= 0.6 is 23.5 Å². The van der Waals surface area contributed by atoms with Gasteiger partial charge in [-0.1, -0.05) is 13.8 Å². The van der Waals surface area contributed by atoms with Crippen molar-refractivity contribution in [2.45, 2.75) is 49.7 Å². The van der Waals surface area contributed by atoms with Crippen molar-refractivity contribution in [1.82, 2.24) is 4.90 Å². The topological polar surface area (TPSA) is 29.5 Å². The second-order valence-corrected chi connectivity index (χ2v) is 8.72. The predicted octanol–water partition coefficient (Wildman–Crippen LogP) is 3.50. The van der Waals surface area contributed by atoms with E-state index in [0.29, 0.717) is 0 Å². The number of rotatable bonds is 5. The van der Waals surface area contributed by atoms with Gasteiger partial charge in [0.2, 0.25) is 0 Å². The van der Waals surface area contributed by atoms with Gasteiger partial charge in [-0.25, -0.2) is 4.79 Å². The summed E-state index contributed by atoms with van der Waals surface area (Å²) >= 11 is 3.47. The number of likely N-dealkylation sites (N-methyl/N-ethyl adjacent to an activating group) is 1. The third kappa shape index (κ3) is 2.77. The first-order valence-electron chi connectivity index (χ1n) is 7.45. The molecule has 0 aromatic rings. The van der Waals surface area contributed by atoms with Crippen molar-refractivity contribution >= 4 is 29.5 Å². The number of ether oxygens (including phenoxy) is 1. The number of nitrogens with zero attached hydrogens (tertiary/aromatic N) is 1. The molecule has 0 aromatic carbocycles. The largest absolute Gasteiger partial charge is 0.429 e. The number of hydrogen-bond donors (Lipinski definition) is 0. The minimum absolute atomic E-state index is 0.0458. The lowest BCUT2D eigenvalue weighted by Gasteiger charge is -2.46. The van der Waals surface area contributed by atoms with E-state index in [1.165, 1.54) is 12.0 Å². The third-order valence-electron chi connectivity index (χ3n) is 3.88. The van der Waals surface area contributed by atoms with Crippen molar-refractivity contribution in [3.63, 3.8) is 0 Å². The van der Waals surface area contributed by atoms with Crippen molar-refractivity contribution in [3.8, 4) is 0 Å². The zero-order chi connectivity index (χ0) is 14.8. The molecule has 5 heteroatoms. The lowest BCUT2D eigenvalue weighted by atomic mass is 9.88. The average molecular weight is 316 g/mol. The van der Waals surface area contributed by atoms with Crippen LogP contribution in [-0.4, -0.2) is 46.6 Å². The van der Waals surface area contributed by atoms with Crippen LogP contribution in [0.5, 0.6) is 0 Å². The summed E-state index contributed by atoms with van der Waals surface area (Å²) in [6.45, 7) is 4.24. The molecule has 0 spiro atoms. The molecule has 1 atom stereocenters. The molecular weight excluding hydrogens is 290 g/mol. The second-order valence-electron chi connectivity index (χ2n) is 5.44. The van der Waals surface area contributed by atoms with Crippen molar-refractivity contribution < 1.29 is 9.53 Å². The highest BCUT2D eigenvalue weighted by Gasteiger charge is 2.54. The van der Waals surface area contributed by atoms with Gasteiger partial charge in [-0.3, -0.25) is 0 Å². The van der Waals surface area contributed by atoms with E-state index < -0.39 is 4.08 Å². The molecule has 0 radical (unpaired) electrons. The molecule has 1 unspecified atom stereocenters.